The zero-order valence-electron chi connectivity index (χ0n) is 7.76. The highest BCUT2D eigenvalue weighted by molar-refractivity contribution is 5.39. The number of hydrogen-bond donors (Lipinski definition) is 0. The predicted octanol–water partition coefficient (Wildman–Crippen LogP) is 2.91. The summed E-state index contributed by atoms with van der Waals surface area (Å²) in [6, 6.07) is 6.17. The van der Waals surface area contributed by atoms with Crippen molar-refractivity contribution in [3.05, 3.63) is 36.2 Å². The van der Waals surface area contributed by atoms with Crippen LogP contribution in [0.15, 0.2) is 18.2 Å². The van der Waals surface area contributed by atoms with Gasteiger partial charge in [0.25, 0.3) is 0 Å². The summed E-state index contributed by atoms with van der Waals surface area (Å²) in [6.07, 6.45) is 0.813. The first-order valence-corrected chi connectivity index (χ1v) is 4.24. The minimum atomic E-state index is 0.700. The fourth-order valence-electron chi connectivity index (χ4n) is 1.20. The molecule has 1 rings (SSSR count). The van der Waals surface area contributed by atoms with Gasteiger partial charge in [-0.25, -0.2) is 0 Å². The van der Waals surface area contributed by atoms with E-state index in [2.05, 4.69) is 32.9 Å². The molecule has 0 unspecified atom stereocenters. The molecule has 0 saturated carbocycles. The Kier molecular flexibility index (Phi) is 3.15. The van der Waals surface area contributed by atoms with Gasteiger partial charge in [-0.2, -0.15) is 0 Å². The molecule has 1 nitrogen and oxygen atoms in total. The van der Waals surface area contributed by atoms with Gasteiger partial charge >= 0.3 is 0 Å². The van der Waals surface area contributed by atoms with Crippen LogP contribution in [-0.4, -0.2) is 6.61 Å². The topological polar surface area (TPSA) is 9.23 Å². The van der Waals surface area contributed by atoms with Gasteiger partial charge in [-0.1, -0.05) is 18.2 Å². The highest BCUT2D eigenvalue weighted by Gasteiger charge is 2.00. The van der Waals surface area contributed by atoms with Crippen molar-refractivity contribution in [2.75, 3.05) is 6.61 Å². The summed E-state index contributed by atoms with van der Waals surface area (Å²) in [5, 5.41) is 0. The van der Waals surface area contributed by atoms with Crippen LogP contribution in [0.3, 0.4) is 0 Å². The van der Waals surface area contributed by atoms with Gasteiger partial charge in [-0.05, 0) is 38.3 Å². The fraction of sp³-hybridized carbons (Fsp3) is 0.364. The van der Waals surface area contributed by atoms with Gasteiger partial charge in [0.2, 0.25) is 0 Å². The molecule has 1 aromatic carbocycles. The van der Waals surface area contributed by atoms with Crippen LogP contribution in [0.1, 0.15) is 17.5 Å². The molecule has 0 heterocycles. The van der Waals surface area contributed by atoms with E-state index < -0.39 is 0 Å². The van der Waals surface area contributed by atoms with Gasteiger partial charge < -0.3 is 4.74 Å². The van der Waals surface area contributed by atoms with Crippen molar-refractivity contribution >= 4 is 0 Å². The molecule has 0 fully saturated rings. The van der Waals surface area contributed by atoms with Gasteiger partial charge in [0.05, 0.1) is 6.61 Å². The summed E-state index contributed by atoms with van der Waals surface area (Å²) in [4.78, 5) is 0. The Bertz CT molecular complexity index is 233. The Balaban J connectivity index is 2.81. The lowest BCUT2D eigenvalue weighted by molar-refractivity contribution is 0.320. The second kappa shape index (κ2) is 4.15. The molecule has 0 spiro atoms. The van der Waals surface area contributed by atoms with Crippen molar-refractivity contribution in [2.45, 2.75) is 20.3 Å². The Hall–Kier alpha value is -0.980. The third-order valence-corrected chi connectivity index (χ3v) is 1.80. The molecule has 12 heavy (non-hydrogen) atoms. The van der Waals surface area contributed by atoms with Gasteiger partial charge in [0.1, 0.15) is 5.75 Å². The Labute approximate surface area is 74.4 Å². The van der Waals surface area contributed by atoms with E-state index in [1.54, 1.807) is 0 Å². The van der Waals surface area contributed by atoms with Crippen LogP contribution >= 0.6 is 0 Å². The second-order valence-corrected chi connectivity index (χ2v) is 2.92. The molecular formula is C11H15O. The first-order valence-electron chi connectivity index (χ1n) is 4.24. The van der Waals surface area contributed by atoms with Gasteiger partial charge in [-0.3, -0.25) is 0 Å². The normalized spacial score (nSPS) is 9.92. The third-order valence-electron chi connectivity index (χ3n) is 1.80. The monoisotopic (exact) mass is 163 g/mol. The molecule has 0 aromatic heterocycles. The Morgan fingerprint density at radius 1 is 1.25 bits per heavy atom. The number of rotatable bonds is 3. The lowest BCUT2D eigenvalue weighted by atomic mass is 10.1. The van der Waals surface area contributed by atoms with Gasteiger partial charge in [0.15, 0.2) is 0 Å². The first-order chi connectivity index (χ1) is 5.75. The van der Waals surface area contributed by atoms with Crippen molar-refractivity contribution < 1.29 is 4.74 Å². The molecule has 0 amide bonds. The number of hydrogen-bond acceptors (Lipinski definition) is 1. The van der Waals surface area contributed by atoms with E-state index in [0.717, 1.165) is 12.2 Å². The number of para-hydroxylation sites is 1. The maximum atomic E-state index is 5.55. The van der Waals surface area contributed by atoms with Crippen LogP contribution in [0.5, 0.6) is 5.75 Å². The molecule has 0 N–H and O–H groups in total. The molecule has 0 bridgehead atoms. The van der Waals surface area contributed by atoms with E-state index in [0.29, 0.717) is 6.61 Å². The minimum absolute atomic E-state index is 0.700. The van der Waals surface area contributed by atoms with E-state index in [9.17, 15) is 0 Å². The number of ether oxygens (including phenoxy) is 1. The largest absolute Gasteiger partial charge is 0.493 e. The summed E-state index contributed by atoms with van der Waals surface area (Å²) < 4.78 is 5.55. The fourth-order valence-corrected chi connectivity index (χ4v) is 1.20. The van der Waals surface area contributed by atoms with Crippen molar-refractivity contribution in [1.29, 1.82) is 0 Å². The number of benzene rings is 1. The van der Waals surface area contributed by atoms with E-state index in [-0.39, 0.29) is 0 Å². The molecule has 0 saturated heterocycles. The van der Waals surface area contributed by atoms with Crippen LogP contribution in [0.25, 0.3) is 0 Å². The SMILES string of the molecule is [CH2]CCOc1c(C)cccc1C. The maximum absolute atomic E-state index is 5.55. The van der Waals surface area contributed by atoms with Crippen molar-refractivity contribution in [3.8, 4) is 5.75 Å². The van der Waals surface area contributed by atoms with Gasteiger partial charge in [-0.15, -0.1) is 0 Å². The van der Waals surface area contributed by atoms with Crippen molar-refractivity contribution in [1.82, 2.24) is 0 Å². The predicted molar refractivity (Wildman–Crippen MR) is 51.4 cm³/mol. The molecule has 1 heteroatoms. The minimum Gasteiger partial charge on any atom is -0.493 e. The second-order valence-electron chi connectivity index (χ2n) is 2.92. The molecule has 1 aromatic rings. The molecule has 0 aliphatic carbocycles. The summed E-state index contributed by atoms with van der Waals surface area (Å²) in [5.74, 6) is 1.01. The van der Waals surface area contributed by atoms with E-state index in [1.165, 1.54) is 11.1 Å². The first kappa shape index (κ1) is 9.11. The lowest BCUT2D eigenvalue weighted by Gasteiger charge is -2.10. The van der Waals surface area contributed by atoms with Crippen LogP contribution in [-0.2, 0) is 0 Å². The smallest absolute Gasteiger partial charge is 0.125 e. The molecular weight excluding hydrogens is 148 g/mol. The van der Waals surface area contributed by atoms with Crippen molar-refractivity contribution in [3.63, 3.8) is 0 Å². The molecule has 0 aliphatic heterocycles. The van der Waals surface area contributed by atoms with Crippen molar-refractivity contribution in [2.24, 2.45) is 0 Å². The average molecular weight is 163 g/mol. The van der Waals surface area contributed by atoms with Gasteiger partial charge in [0, 0.05) is 0 Å². The third kappa shape index (κ3) is 2.00. The Morgan fingerprint density at radius 3 is 2.33 bits per heavy atom. The summed E-state index contributed by atoms with van der Waals surface area (Å²) in [7, 11) is 0. The Morgan fingerprint density at radius 2 is 1.83 bits per heavy atom. The molecule has 0 aliphatic rings. The summed E-state index contributed by atoms with van der Waals surface area (Å²) in [6.45, 7) is 8.56. The molecule has 1 radical (unpaired) electrons. The average Bonchev–Trinajstić information content (AvgIpc) is 2.04. The zero-order valence-corrected chi connectivity index (χ0v) is 7.76. The maximum Gasteiger partial charge on any atom is 0.125 e. The quantitative estimate of drug-likeness (QED) is 0.665. The summed E-state index contributed by atoms with van der Waals surface area (Å²) in [5.41, 5.74) is 2.40. The van der Waals surface area contributed by atoms with Crippen LogP contribution in [0, 0.1) is 20.8 Å². The zero-order chi connectivity index (χ0) is 8.97. The van der Waals surface area contributed by atoms with E-state index in [1.807, 2.05) is 6.07 Å². The molecule has 65 valence electrons. The van der Waals surface area contributed by atoms with Crippen LogP contribution < -0.4 is 4.74 Å². The van der Waals surface area contributed by atoms with Crippen LogP contribution in [0.2, 0.25) is 0 Å². The van der Waals surface area contributed by atoms with E-state index in [4.69, 9.17) is 4.74 Å². The molecule has 0 atom stereocenters. The highest BCUT2D eigenvalue weighted by Crippen LogP contribution is 2.22. The van der Waals surface area contributed by atoms with Crippen LogP contribution in [0.4, 0.5) is 0 Å². The number of aryl methyl sites for hydroxylation is 2. The highest BCUT2D eigenvalue weighted by atomic mass is 16.5. The summed E-state index contributed by atoms with van der Waals surface area (Å²) >= 11 is 0. The standard InChI is InChI=1S/C11H15O/c1-4-8-12-11-9(2)6-5-7-10(11)3/h5-7H,1,4,8H2,2-3H3. The van der Waals surface area contributed by atoms with E-state index >= 15 is 0 Å². The lowest BCUT2D eigenvalue weighted by Crippen LogP contribution is -1.98.